The van der Waals surface area contributed by atoms with Gasteiger partial charge in [0.15, 0.2) is 5.82 Å². The molecule has 0 fully saturated rings. The van der Waals surface area contributed by atoms with Gasteiger partial charge in [-0.05, 0) is 42.8 Å². The number of hydrogen-bond donors (Lipinski definition) is 2. The summed E-state index contributed by atoms with van der Waals surface area (Å²) in [5.74, 6) is -0.217. The van der Waals surface area contributed by atoms with E-state index < -0.39 is 11.9 Å². The van der Waals surface area contributed by atoms with E-state index in [0.717, 1.165) is 0 Å². The van der Waals surface area contributed by atoms with Gasteiger partial charge in [0.05, 0.1) is 10.6 Å². The lowest BCUT2D eigenvalue weighted by atomic mass is 9.95. The van der Waals surface area contributed by atoms with Crippen molar-refractivity contribution in [3.05, 3.63) is 75.2 Å². The van der Waals surface area contributed by atoms with Crippen molar-refractivity contribution >= 4 is 35.1 Å². The maximum absolute atomic E-state index is 13.4. The third kappa shape index (κ3) is 3.12. The fourth-order valence-electron chi connectivity index (χ4n) is 3.21. The molecule has 0 saturated carbocycles. The number of hydrogen-bond acceptors (Lipinski definition) is 4. The van der Waals surface area contributed by atoms with E-state index in [1.54, 1.807) is 41.9 Å². The molecule has 1 aliphatic heterocycles. The van der Waals surface area contributed by atoms with Gasteiger partial charge in [-0.25, -0.2) is 9.07 Å². The van der Waals surface area contributed by atoms with Crippen LogP contribution in [0.5, 0.6) is 0 Å². The van der Waals surface area contributed by atoms with E-state index in [2.05, 4.69) is 15.4 Å². The molecule has 1 atom stereocenters. The van der Waals surface area contributed by atoms with Crippen LogP contribution < -0.4 is 11.1 Å². The van der Waals surface area contributed by atoms with Crippen LogP contribution in [0.15, 0.2) is 53.7 Å². The summed E-state index contributed by atoms with van der Waals surface area (Å²) in [7, 11) is 0. The average molecular weight is 418 g/mol. The molecule has 1 unspecified atom stereocenters. The summed E-state index contributed by atoms with van der Waals surface area (Å²) in [4.78, 5) is 16.6. The van der Waals surface area contributed by atoms with Gasteiger partial charge in [-0.15, -0.1) is 5.10 Å². The molecule has 4 rings (SSSR count). The number of carbonyl (C=O) groups excluding carboxylic acids is 1. The molecule has 28 heavy (non-hydrogen) atoms. The highest BCUT2D eigenvalue weighted by molar-refractivity contribution is 6.36. The summed E-state index contributed by atoms with van der Waals surface area (Å²) in [5.41, 5.74) is 7.73. The zero-order valence-corrected chi connectivity index (χ0v) is 16.1. The molecule has 6 nitrogen and oxygen atoms in total. The number of aromatic nitrogens is 3. The quantitative estimate of drug-likeness (QED) is 0.669. The minimum atomic E-state index is -0.651. The maximum Gasteiger partial charge on any atom is 0.248 e. The van der Waals surface area contributed by atoms with E-state index in [9.17, 15) is 9.18 Å². The van der Waals surface area contributed by atoms with Gasteiger partial charge in [0, 0.05) is 16.3 Å². The Morgan fingerprint density at radius 2 is 1.93 bits per heavy atom. The second-order valence-electron chi connectivity index (χ2n) is 6.31. The van der Waals surface area contributed by atoms with E-state index in [1.165, 1.54) is 12.1 Å². The van der Waals surface area contributed by atoms with Gasteiger partial charge in [0.2, 0.25) is 11.9 Å². The molecule has 9 heteroatoms. The number of anilines is 1. The monoisotopic (exact) mass is 417 g/mol. The van der Waals surface area contributed by atoms with Crippen molar-refractivity contribution in [1.82, 2.24) is 14.8 Å². The lowest BCUT2D eigenvalue weighted by Crippen LogP contribution is -2.31. The van der Waals surface area contributed by atoms with E-state index in [4.69, 9.17) is 28.9 Å². The number of primary amides is 1. The first-order chi connectivity index (χ1) is 13.3. The third-order valence-corrected chi connectivity index (χ3v) is 5.02. The van der Waals surface area contributed by atoms with Crippen LogP contribution in [0, 0.1) is 5.82 Å². The normalized spacial score (nSPS) is 15.9. The number of halogens is 3. The molecular formula is C19H14Cl2FN5O. The second-order valence-corrected chi connectivity index (χ2v) is 7.15. The molecule has 1 aromatic heterocycles. The van der Waals surface area contributed by atoms with Crippen molar-refractivity contribution in [3.63, 3.8) is 0 Å². The van der Waals surface area contributed by atoms with Crippen LogP contribution in [0.25, 0.3) is 11.4 Å². The number of allylic oxidation sites excluding steroid dienone is 1. The number of nitrogens with two attached hydrogens (primary N) is 1. The minimum Gasteiger partial charge on any atom is -0.366 e. The Morgan fingerprint density at radius 1 is 1.21 bits per heavy atom. The second kappa shape index (κ2) is 6.92. The van der Waals surface area contributed by atoms with Crippen molar-refractivity contribution in [3.8, 4) is 11.4 Å². The first-order valence-electron chi connectivity index (χ1n) is 8.30. The number of carbonyl (C=O) groups is 1. The predicted octanol–water partition coefficient (Wildman–Crippen LogP) is 4.17. The van der Waals surface area contributed by atoms with Crippen molar-refractivity contribution < 1.29 is 9.18 Å². The topological polar surface area (TPSA) is 85.8 Å². The summed E-state index contributed by atoms with van der Waals surface area (Å²) in [5, 5.41) is 8.48. The molecular weight excluding hydrogens is 404 g/mol. The average Bonchev–Trinajstić information content (AvgIpc) is 3.04. The molecule has 3 aromatic rings. The molecule has 2 aromatic carbocycles. The van der Waals surface area contributed by atoms with Crippen molar-refractivity contribution in [1.29, 1.82) is 0 Å². The van der Waals surface area contributed by atoms with E-state index in [0.29, 0.717) is 44.2 Å². The Balaban J connectivity index is 1.89. The number of nitrogens with one attached hydrogen (secondary N) is 1. The number of nitrogens with zero attached hydrogens (tertiary/aromatic N) is 3. The minimum absolute atomic E-state index is 0.317. The number of benzene rings is 2. The maximum atomic E-state index is 13.4. The molecule has 0 bridgehead atoms. The Morgan fingerprint density at radius 3 is 2.57 bits per heavy atom. The summed E-state index contributed by atoms with van der Waals surface area (Å²) in [6, 6.07) is 10.2. The Labute approximate surface area is 169 Å². The highest BCUT2D eigenvalue weighted by atomic mass is 35.5. The molecule has 3 N–H and O–H groups in total. The van der Waals surface area contributed by atoms with E-state index >= 15 is 0 Å². The van der Waals surface area contributed by atoms with Crippen LogP contribution in [-0.2, 0) is 4.79 Å². The summed E-state index contributed by atoms with van der Waals surface area (Å²) < 4.78 is 15.0. The van der Waals surface area contributed by atoms with Gasteiger partial charge in [-0.1, -0.05) is 35.3 Å². The zero-order chi connectivity index (χ0) is 20.0. The summed E-state index contributed by atoms with van der Waals surface area (Å²) in [6.07, 6.45) is 0. The molecule has 0 radical (unpaired) electrons. The number of fused-ring (bicyclic) bond motifs is 1. The predicted molar refractivity (Wildman–Crippen MR) is 106 cm³/mol. The molecule has 0 saturated heterocycles. The standard InChI is InChI=1S/C19H14Cl2FN5O/c1-9-15(17(23)28)16(10-2-5-12(22)6-3-10)27-19(24-9)25-18(26-27)13-7-4-11(20)8-14(13)21/h2-8,16H,1H3,(H2,23,28)(H,24,25,26). The fraction of sp³-hybridized carbons (Fsp3) is 0.105. The van der Waals surface area contributed by atoms with Gasteiger partial charge in [-0.3, -0.25) is 4.79 Å². The number of rotatable bonds is 3. The Kier molecular flexibility index (Phi) is 4.56. The van der Waals surface area contributed by atoms with Crippen LogP contribution >= 0.6 is 23.2 Å². The number of amides is 1. The molecule has 1 aliphatic rings. The van der Waals surface area contributed by atoms with Crippen LogP contribution in [0.3, 0.4) is 0 Å². The molecule has 0 spiro atoms. The lowest BCUT2D eigenvalue weighted by Gasteiger charge is -2.27. The molecule has 0 aliphatic carbocycles. The van der Waals surface area contributed by atoms with Crippen molar-refractivity contribution in [2.24, 2.45) is 5.73 Å². The Hall–Kier alpha value is -2.90. The van der Waals surface area contributed by atoms with Crippen molar-refractivity contribution in [2.45, 2.75) is 13.0 Å². The molecule has 2 heterocycles. The summed E-state index contributed by atoms with van der Waals surface area (Å²) >= 11 is 12.2. The molecule has 142 valence electrons. The van der Waals surface area contributed by atoms with E-state index in [-0.39, 0.29) is 5.82 Å². The van der Waals surface area contributed by atoms with E-state index in [1.807, 2.05) is 0 Å². The highest BCUT2D eigenvalue weighted by Gasteiger charge is 2.33. The van der Waals surface area contributed by atoms with Gasteiger partial charge < -0.3 is 11.1 Å². The lowest BCUT2D eigenvalue weighted by molar-refractivity contribution is -0.115. The van der Waals surface area contributed by atoms with Crippen molar-refractivity contribution in [2.75, 3.05) is 5.32 Å². The first kappa shape index (κ1) is 18.5. The van der Waals surface area contributed by atoms with Gasteiger partial charge >= 0.3 is 0 Å². The zero-order valence-electron chi connectivity index (χ0n) is 14.6. The molecule has 1 amide bonds. The summed E-state index contributed by atoms with van der Waals surface area (Å²) in [6.45, 7) is 1.73. The van der Waals surface area contributed by atoms with Gasteiger partial charge in [0.1, 0.15) is 11.9 Å². The smallest absolute Gasteiger partial charge is 0.248 e. The SMILES string of the molecule is CC1=C(C(N)=O)C(c2ccc(F)cc2)n2nc(-c3ccc(Cl)cc3Cl)nc2N1. The van der Waals surface area contributed by atoms with Crippen LogP contribution in [0.1, 0.15) is 18.5 Å². The Bertz CT molecular complexity index is 1120. The van der Waals surface area contributed by atoms with Crippen LogP contribution in [0.4, 0.5) is 10.3 Å². The third-order valence-electron chi connectivity index (χ3n) is 4.48. The largest absolute Gasteiger partial charge is 0.366 e. The fourth-order valence-corrected chi connectivity index (χ4v) is 3.70. The first-order valence-corrected chi connectivity index (χ1v) is 9.06. The van der Waals surface area contributed by atoms with Gasteiger partial charge in [0.25, 0.3) is 0 Å². The van der Waals surface area contributed by atoms with Crippen LogP contribution in [0.2, 0.25) is 10.0 Å². The highest BCUT2D eigenvalue weighted by Crippen LogP contribution is 2.37. The van der Waals surface area contributed by atoms with Gasteiger partial charge in [-0.2, -0.15) is 4.98 Å². The van der Waals surface area contributed by atoms with Crippen LogP contribution in [-0.4, -0.2) is 20.7 Å².